The highest BCUT2D eigenvalue weighted by molar-refractivity contribution is 6.35. The number of ether oxygens (including phenoxy) is 1. The average Bonchev–Trinajstić information content (AvgIpc) is 3.10. The first-order chi connectivity index (χ1) is 12.5. The van der Waals surface area contributed by atoms with Crippen LogP contribution in [0.5, 0.6) is 5.75 Å². The molecule has 3 rings (SSSR count). The fourth-order valence-electron chi connectivity index (χ4n) is 3.24. The maximum atomic E-state index is 12.6. The first-order valence-electron chi connectivity index (χ1n) is 8.67. The molecule has 3 nitrogen and oxygen atoms in total. The Balaban J connectivity index is 1.50. The second-order valence-corrected chi connectivity index (χ2v) is 7.60. The SMILES string of the molecule is O=C(CCCOc1ccc(Cl)cc1Cl)N1CCCC1c1ccc(Cl)cc1. The van der Waals surface area contributed by atoms with Crippen LogP contribution in [0, 0.1) is 0 Å². The molecule has 1 amide bonds. The van der Waals surface area contributed by atoms with E-state index >= 15 is 0 Å². The summed E-state index contributed by atoms with van der Waals surface area (Å²) in [5, 5.41) is 1.76. The lowest BCUT2D eigenvalue weighted by atomic mass is 10.0. The summed E-state index contributed by atoms with van der Waals surface area (Å²) in [6.07, 6.45) is 3.11. The lowest BCUT2D eigenvalue weighted by molar-refractivity contribution is -0.132. The van der Waals surface area contributed by atoms with E-state index in [2.05, 4.69) is 0 Å². The average molecular weight is 413 g/mol. The van der Waals surface area contributed by atoms with Crippen molar-refractivity contribution in [1.82, 2.24) is 4.90 Å². The number of nitrogens with zero attached hydrogens (tertiary/aromatic N) is 1. The van der Waals surface area contributed by atoms with Gasteiger partial charge < -0.3 is 9.64 Å². The minimum Gasteiger partial charge on any atom is -0.492 e. The summed E-state index contributed by atoms with van der Waals surface area (Å²) in [5.41, 5.74) is 1.14. The smallest absolute Gasteiger partial charge is 0.223 e. The molecule has 1 aliphatic heterocycles. The fourth-order valence-corrected chi connectivity index (χ4v) is 3.83. The molecule has 0 aromatic heterocycles. The number of hydrogen-bond acceptors (Lipinski definition) is 2. The summed E-state index contributed by atoms with van der Waals surface area (Å²) in [6.45, 7) is 1.24. The van der Waals surface area contributed by atoms with Gasteiger partial charge in [0.25, 0.3) is 0 Å². The molecule has 6 heteroatoms. The van der Waals surface area contributed by atoms with Crippen molar-refractivity contribution in [2.45, 2.75) is 31.7 Å². The van der Waals surface area contributed by atoms with Crippen LogP contribution >= 0.6 is 34.8 Å². The molecule has 1 fully saturated rings. The summed E-state index contributed by atoms with van der Waals surface area (Å²) in [7, 11) is 0. The maximum absolute atomic E-state index is 12.6. The zero-order valence-electron chi connectivity index (χ0n) is 14.3. The monoisotopic (exact) mass is 411 g/mol. The predicted octanol–water partition coefficient (Wildman–Crippen LogP) is 6.17. The highest BCUT2D eigenvalue weighted by Crippen LogP contribution is 2.33. The molecule has 1 atom stereocenters. The Bertz CT molecular complexity index is 764. The molecule has 0 saturated carbocycles. The highest BCUT2D eigenvalue weighted by atomic mass is 35.5. The largest absolute Gasteiger partial charge is 0.492 e. The van der Waals surface area contributed by atoms with E-state index in [0.29, 0.717) is 40.3 Å². The van der Waals surface area contributed by atoms with Crippen LogP contribution < -0.4 is 4.74 Å². The van der Waals surface area contributed by atoms with E-state index in [4.69, 9.17) is 39.5 Å². The van der Waals surface area contributed by atoms with Crippen molar-refractivity contribution in [3.05, 3.63) is 63.1 Å². The summed E-state index contributed by atoms with van der Waals surface area (Å²) in [4.78, 5) is 14.6. The molecule has 0 spiro atoms. The van der Waals surface area contributed by atoms with E-state index in [1.165, 1.54) is 0 Å². The number of hydrogen-bond donors (Lipinski definition) is 0. The number of carbonyl (C=O) groups is 1. The molecule has 2 aromatic rings. The van der Waals surface area contributed by atoms with Crippen LogP contribution in [0.4, 0.5) is 0 Å². The number of carbonyl (C=O) groups excluding carboxylic acids is 1. The quantitative estimate of drug-likeness (QED) is 0.531. The van der Waals surface area contributed by atoms with Gasteiger partial charge in [-0.05, 0) is 55.2 Å². The van der Waals surface area contributed by atoms with Crippen LogP contribution in [0.1, 0.15) is 37.3 Å². The summed E-state index contributed by atoms with van der Waals surface area (Å²) in [5.74, 6) is 0.747. The van der Waals surface area contributed by atoms with Gasteiger partial charge in [-0.15, -0.1) is 0 Å². The second kappa shape index (κ2) is 8.98. The van der Waals surface area contributed by atoms with Crippen molar-refractivity contribution in [3.8, 4) is 5.75 Å². The van der Waals surface area contributed by atoms with Crippen molar-refractivity contribution in [2.75, 3.05) is 13.2 Å². The lowest BCUT2D eigenvalue weighted by Gasteiger charge is -2.25. The van der Waals surface area contributed by atoms with Gasteiger partial charge in [-0.3, -0.25) is 4.79 Å². The zero-order valence-corrected chi connectivity index (χ0v) is 16.5. The van der Waals surface area contributed by atoms with Gasteiger partial charge in [-0.1, -0.05) is 46.9 Å². The molecule has 26 heavy (non-hydrogen) atoms. The normalized spacial score (nSPS) is 16.7. The Hall–Kier alpha value is -1.42. The Morgan fingerprint density at radius 3 is 2.54 bits per heavy atom. The van der Waals surface area contributed by atoms with E-state index < -0.39 is 0 Å². The number of rotatable bonds is 6. The Morgan fingerprint density at radius 2 is 1.81 bits per heavy atom. The third-order valence-electron chi connectivity index (χ3n) is 4.51. The van der Waals surface area contributed by atoms with Crippen molar-refractivity contribution in [2.24, 2.45) is 0 Å². The van der Waals surface area contributed by atoms with E-state index in [1.54, 1.807) is 18.2 Å². The Kier molecular flexibility index (Phi) is 6.68. The fraction of sp³-hybridized carbons (Fsp3) is 0.350. The molecular formula is C20H20Cl3NO2. The molecule has 0 bridgehead atoms. The van der Waals surface area contributed by atoms with E-state index in [1.807, 2.05) is 29.2 Å². The van der Waals surface area contributed by atoms with Gasteiger partial charge in [0.1, 0.15) is 5.75 Å². The highest BCUT2D eigenvalue weighted by Gasteiger charge is 2.29. The summed E-state index contributed by atoms with van der Waals surface area (Å²) < 4.78 is 5.65. The molecular weight excluding hydrogens is 393 g/mol. The molecule has 1 aliphatic rings. The number of halogens is 3. The Labute approximate surface area is 168 Å². The van der Waals surface area contributed by atoms with Gasteiger partial charge in [0, 0.05) is 23.0 Å². The topological polar surface area (TPSA) is 29.5 Å². The van der Waals surface area contributed by atoms with Crippen LogP contribution in [-0.4, -0.2) is 24.0 Å². The minimum atomic E-state index is 0.145. The molecule has 1 heterocycles. The van der Waals surface area contributed by atoms with E-state index in [0.717, 1.165) is 24.9 Å². The number of benzene rings is 2. The van der Waals surface area contributed by atoms with Gasteiger partial charge >= 0.3 is 0 Å². The van der Waals surface area contributed by atoms with Gasteiger partial charge in [0.05, 0.1) is 17.7 Å². The molecule has 1 unspecified atom stereocenters. The van der Waals surface area contributed by atoms with Gasteiger partial charge in [-0.2, -0.15) is 0 Å². The third-order valence-corrected chi connectivity index (χ3v) is 5.30. The molecule has 0 N–H and O–H groups in total. The van der Waals surface area contributed by atoms with Crippen molar-refractivity contribution < 1.29 is 9.53 Å². The predicted molar refractivity (Wildman–Crippen MR) is 106 cm³/mol. The Morgan fingerprint density at radius 1 is 1.08 bits per heavy atom. The molecule has 2 aromatic carbocycles. The maximum Gasteiger partial charge on any atom is 0.223 e. The van der Waals surface area contributed by atoms with Gasteiger partial charge in [-0.25, -0.2) is 0 Å². The second-order valence-electron chi connectivity index (χ2n) is 6.32. The zero-order chi connectivity index (χ0) is 18.5. The standard InChI is InChI=1S/C20H20Cl3NO2/c21-15-7-5-14(6-8-15)18-3-1-11-24(18)20(25)4-2-12-26-19-10-9-16(22)13-17(19)23/h5-10,13,18H,1-4,11-12H2. The van der Waals surface area contributed by atoms with Crippen LogP contribution in [0.15, 0.2) is 42.5 Å². The van der Waals surface area contributed by atoms with Gasteiger partial charge in [0.15, 0.2) is 0 Å². The van der Waals surface area contributed by atoms with Crippen LogP contribution in [0.2, 0.25) is 15.1 Å². The van der Waals surface area contributed by atoms with Crippen molar-refractivity contribution in [1.29, 1.82) is 0 Å². The molecule has 1 saturated heterocycles. The number of likely N-dealkylation sites (tertiary alicyclic amines) is 1. The van der Waals surface area contributed by atoms with Gasteiger partial charge in [0.2, 0.25) is 5.91 Å². The van der Waals surface area contributed by atoms with Crippen molar-refractivity contribution in [3.63, 3.8) is 0 Å². The molecule has 0 aliphatic carbocycles. The minimum absolute atomic E-state index is 0.145. The van der Waals surface area contributed by atoms with Crippen LogP contribution in [0.3, 0.4) is 0 Å². The third kappa shape index (κ3) is 4.85. The van der Waals surface area contributed by atoms with Crippen LogP contribution in [-0.2, 0) is 4.79 Å². The first-order valence-corrected chi connectivity index (χ1v) is 9.81. The first kappa shape index (κ1) is 19.3. The lowest BCUT2D eigenvalue weighted by Crippen LogP contribution is -2.30. The number of amides is 1. The van der Waals surface area contributed by atoms with Crippen LogP contribution in [0.25, 0.3) is 0 Å². The van der Waals surface area contributed by atoms with E-state index in [9.17, 15) is 4.79 Å². The van der Waals surface area contributed by atoms with Crippen molar-refractivity contribution >= 4 is 40.7 Å². The summed E-state index contributed by atoms with van der Waals surface area (Å²) in [6, 6.07) is 13.0. The molecule has 138 valence electrons. The van der Waals surface area contributed by atoms with E-state index in [-0.39, 0.29) is 11.9 Å². The molecule has 0 radical (unpaired) electrons. The summed E-state index contributed by atoms with van der Waals surface area (Å²) >= 11 is 17.9.